The van der Waals surface area contributed by atoms with Crippen LogP contribution in [0.5, 0.6) is 0 Å². The van der Waals surface area contributed by atoms with Crippen LogP contribution in [0.1, 0.15) is 59.9 Å². The highest BCUT2D eigenvalue weighted by molar-refractivity contribution is 5.92. The van der Waals surface area contributed by atoms with E-state index in [0.717, 1.165) is 5.56 Å². The molecule has 0 spiro atoms. The van der Waals surface area contributed by atoms with E-state index < -0.39 is 42.1 Å². The summed E-state index contributed by atoms with van der Waals surface area (Å²) in [5, 5.41) is 28.6. The topological polar surface area (TPSA) is 154 Å². The molecule has 0 saturated carbocycles. The van der Waals surface area contributed by atoms with Crippen LogP contribution < -0.4 is 21.7 Å². The fraction of sp³-hybridized carbons (Fsp3) is 0.667. The Labute approximate surface area is 215 Å². The van der Waals surface area contributed by atoms with Crippen molar-refractivity contribution in [2.75, 3.05) is 6.54 Å². The van der Waals surface area contributed by atoms with Crippen LogP contribution in [0.15, 0.2) is 30.3 Å². The molecule has 0 bridgehead atoms. The first-order valence-corrected chi connectivity index (χ1v) is 12.9. The lowest BCUT2D eigenvalue weighted by molar-refractivity contribution is -0.142. The van der Waals surface area contributed by atoms with Gasteiger partial charge in [-0.3, -0.25) is 9.59 Å². The molecule has 0 aliphatic carbocycles. The molecule has 1 unspecified atom stereocenters. The number of carbonyl (C=O) groups is 3. The molecule has 0 heterocycles. The lowest BCUT2D eigenvalue weighted by Crippen LogP contribution is -2.58. The van der Waals surface area contributed by atoms with Crippen molar-refractivity contribution in [1.82, 2.24) is 16.0 Å². The molecule has 0 aliphatic rings. The Morgan fingerprint density at radius 3 is 1.94 bits per heavy atom. The molecule has 36 heavy (non-hydrogen) atoms. The fourth-order valence-electron chi connectivity index (χ4n) is 3.97. The van der Waals surface area contributed by atoms with Gasteiger partial charge in [-0.05, 0) is 36.2 Å². The summed E-state index contributed by atoms with van der Waals surface area (Å²) in [5.74, 6) is -1.83. The fourth-order valence-corrected chi connectivity index (χ4v) is 3.97. The van der Waals surface area contributed by atoms with Gasteiger partial charge in [0.05, 0.1) is 12.1 Å². The summed E-state index contributed by atoms with van der Waals surface area (Å²) in [6.07, 6.45) is 0.476. The molecular formula is C27H46N4O5. The van der Waals surface area contributed by atoms with Crippen molar-refractivity contribution < 1.29 is 24.6 Å². The molecule has 1 aromatic rings. The maximum atomic E-state index is 13.2. The number of aliphatic hydroxyl groups excluding tert-OH is 1. The number of carbonyl (C=O) groups excluding carboxylic acids is 2. The number of benzene rings is 1. The van der Waals surface area contributed by atoms with E-state index in [1.165, 1.54) is 0 Å². The molecule has 0 aromatic heterocycles. The molecule has 204 valence electrons. The highest BCUT2D eigenvalue weighted by Crippen LogP contribution is 2.11. The molecule has 5 atom stereocenters. The van der Waals surface area contributed by atoms with Gasteiger partial charge in [0.15, 0.2) is 0 Å². The molecule has 2 amide bonds. The van der Waals surface area contributed by atoms with Gasteiger partial charge in [-0.15, -0.1) is 0 Å². The van der Waals surface area contributed by atoms with E-state index >= 15 is 0 Å². The van der Waals surface area contributed by atoms with Gasteiger partial charge in [-0.25, -0.2) is 4.79 Å². The molecule has 0 aliphatic heterocycles. The molecule has 9 heteroatoms. The highest BCUT2D eigenvalue weighted by Gasteiger charge is 2.31. The third kappa shape index (κ3) is 11.5. The third-order valence-corrected chi connectivity index (χ3v) is 5.98. The number of hydrogen-bond donors (Lipinski definition) is 6. The summed E-state index contributed by atoms with van der Waals surface area (Å²) in [6.45, 7) is 11.7. The van der Waals surface area contributed by atoms with Gasteiger partial charge in [0.1, 0.15) is 12.1 Å². The minimum atomic E-state index is -1.15. The molecule has 7 N–H and O–H groups in total. The zero-order valence-electron chi connectivity index (χ0n) is 22.5. The van der Waals surface area contributed by atoms with Crippen molar-refractivity contribution in [3.8, 4) is 0 Å². The zero-order valence-corrected chi connectivity index (χ0v) is 22.5. The van der Waals surface area contributed by atoms with Gasteiger partial charge >= 0.3 is 5.97 Å². The van der Waals surface area contributed by atoms with E-state index in [4.69, 9.17) is 5.73 Å². The number of nitrogens with two attached hydrogens (primary N) is 1. The Morgan fingerprint density at radius 2 is 1.44 bits per heavy atom. The first-order chi connectivity index (χ1) is 16.8. The number of hydrogen-bond acceptors (Lipinski definition) is 6. The van der Waals surface area contributed by atoms with Gasteiger partial charge in [0.25, 0.3) is 0 Å². The molecule has 9 nitrogen and oxygen atoms in total. The Hall–Kier alpha value is -2.49. The van der Waals surface area contributed by atoms with Gasteiger partial charge in [-0.1, -0.05) is 71.9 Å². The van der Waals surface area contributed by atoms with Crippen LogP contribution in [0, 0.1) is 17.8 Å². The number of aliphatic hydroxyl groups is 1. The second-order valence-corrected chi connectivity index (χ2v) is 10.8. The van der Waals surface area contributed by atoms with Crippen LogP contribution in [-0.4, -0.2) is 64.8 Å². The van der Waals surface area contributed by atoms with Crippen LogP contribution in [-0.2, 0) is 20.8 Å². The Morgan fingerprint density at radius 1 is 0.861 bits per heavy atom. The maximum absolute atomic E-state index is 13.2. The number of carboxylic acid groups (broad SMARTS) is 1. The van der Waals surface area contributed by atoms with Crippen LogP contribution in [0.25, 0.3) is 0 Å². The highest BCUT2D eigenvalue weighted by atomic mass is 16.4. The van der Waals surface area contributed by atoms with Crippen molar-refractivity contribution in [2.24, 2.45) is 23.5 Å². The van der Waals surface area contributed by atoms with Crippen molar-refractivity contribution in [3.63, 3.8) is 0 Å². The summed E-state index contributed by atoms with van der Waals surface area (Å²) in [5.41, 5.74) is 6.86. The van der Waals surface area contributed by atoms with E-state index in [2.05, 4.69) is 16.0 Å². The second-order valence-electron chi connectivity index (χ2n) is 10.8. The third-order valence-electron chi connectivity index (χ3n) is 5.98. The average molecular weight is 507 g/mol. The van der Waals surface area contributed by atoms with Gasteiger partial charge < -0.3 is 31.9 Å². The first-order valence-electron chi connectivity index (χ1n) is 12.9. The number of carboxylic acids is 1. The SMILES string of the molecule is CC(C)CC(N)[C@@H](O)CN[C@@H](CC(C)C)C(=O)N[C@H](C(=O)N[C@@H](Cc1ccccc1)C(=O)O)C(C)C. The minimum absolute atomic E-state index is 0.132. The smallest absolute Gasteiger partial charge is 0.326 e. The van der Waals surface area contributed by atoms with E-state index in [-0.39, 0.29) is 30.7 Å². The number of amides is 2. The summed E-state index contributed by atoms with van der Waals surface area (Å²) in [7, 11) is 0. The molecule has 0 radical (unpaired) electrons. The Kier molecular flexibility index (Phi) is 13.7. The average Bonchev–Trinajstić information content (AvgIpc) is 2.78. The molecule has 1 aromatic carbocycles. The Bertz CT molecular complexity index is 816. The number of rotatable bonds is 16. The van der Waals surface area contributed by atoms with E-state index in [0.29, 0.717) is 18.8 Å². The lowest BCUT2D eigenvalue weighted by atomic mass is 9.98. The summed E-state index contributed by atoms with van der Waals surface area (Å²) in [6, 6.07) is 5.96. The molecule has 0 saturated heterocycles. The maximum Gasteiger partial charge on any atom is 0.326 e. The van der Waals surface area contributed by atoms with Crippen LogP contribution in [0.4, 0.5) is 0 Å². The second kappa shape index (κ2) is 15.6. The van der Waals surface area contributed by atoms with E-state index in [1.54, 1.807) is 26.0 Å². The first kappa shape index (κ1) is 31.5. The standard InChI is InChI=1S/C27H46N4O5/c1-16(2)12-20(28)23(32)15-29-21(13-17(3)4)25(33)31-24(18(5)6)26(34)30-22(27(35)36)14-19-10-8-7-9-11-19/h7-11,16-18,20-24,29,32H,12-15,28H2,1-6H3,(H,30,34)(H,31,33)(H,35,36)/t20?,21-,22-,23-,24-/m0/s1. The molecule has 0 fully saturated rings. The minimum Gasteiger partial charge on any atom is -0.480 e. The summed E-state index contributed by atoms with van der Waals surface area (Å²) in [4.78, 5) is 38.1. The van der Waals surface area contributed by atoms with Crippen molar-refractivity contribution in [2.45, 2.75) is 91.1 Å². The van der Waals surface area contributed by atoms with Crippen molar-refractivity contribution in [1.29, 1.82) is 0 Å². The predicted octanol–water partition coefficient (Wildman–Crippen LogP) is 1.68. The number of nitrogens with one attached hydrogen (secondary N) is 3. The Balaban J connectivity index is 2.88. The van der Waals surface area contributed by atoms with Gasteiger partial charge in [0, 0.05) is 19.0 Å². The molecule has 1 rings (SSSR count). The largest absolute Gasteiger partial charge is 0.480 e. The van der Waals surface area contributed by atoms with E-state index in [9.17, 15) is 24.6 Å². The monoisotopic (exact) mass is 506 g/mol. The summed E-state index contributed by atoms with van der Waals surface area (Å²) < 4.78 is 0. The van der Waals surface area contributed by atoms with Gasteiger partial charge in [-0.2, -0.15) is 0 Å². The number of aliphatic carboxylic acids is 1. The van der Waals surface area contributed by atoms with E-state index in [1.807, 2.05) is 45.9 Å². The van der Waals surface area contributed by atoms with Crippen LogP contribution in [0.3, 0.4) is 0 Å². The van der Waals surface area contributed by atoms with Crippen molar-refractivity contribution in [3.05, 3.63) is 35.9 Å². The lowest BCUT2D eigenvalue weighted by Gasteiger charge is -2.28. The van der Waals surface area contributed by atoms with Crippen LogP contribution >= 0.6 is 0 Å². The molecular weight excluding hydrogens is 460 g/mol. The van der Waals surface area contributed by atoms with Crippen molar-refractivity contribution >= 4 is 17.8 Å². The predicted molar refractivity (Wildman–Crippen MR) is 141 cm³/mol. The van der Waals surface area contributed by atoms with Crippen LogP contribution in [0.2, 0.25) is 0 Å². The summed E-state index contributed by atoms with van der Waals surface area (Å²) >= 11 is 0. The van der Waals surface area contributed by atoms with Gasteiger partial charge in [0.2, 0.25) is 11.8 Å². The zero-order chi connectivity index (χ0) is 27.4. The quantitative estimate of drug-likeness (QED) is 0.199. The normalized spacial score (nSPS) is 15.9.